The van der Waals surface area contributed by atoms with Gasteiger partial charge in [-0.15, -0.1) is 0 Å². The van der Waals surface area contributed by atoms with Crippen molar-refractivity contribution in [3.05, 3.63) is 59.7 Å². The molecular formula is C31H46Si. The summed E-state index contributed by atoms with van der Waals surface area (Å²) in [4.78, 5) is 0. The molecule has 1 heteroatoms. The molecule has 0 radical (unpaired) electrons. The largest absolute Gasteiger partial charge is 0.0654 e. The highest BCUT2D eigenvalue weighted by atomic mass is 28.3. The normalized spacial score (nSPS) is 26.2. The van der Waals surface area contributed by atoms with Crippen LogP contribution in [0.1, 0.15) is 107 Å². The van der Waals surface area contributed by atoms with Gasteiger partial charge in [0.25, 0.3) is 0 Å². The molecule has 1 heterocycles. The number of hydrogen-bond donors (Lipinski definition) is 0. The zero-order valence-corrected chi connectivity index (χ0v) is 22.0. The van der Waals surface area contributed by atoms with Crippen LogP contribution in [-0.4, -0.2) is 8.80 Å². The Morgan fingerprint density at radius 1 is 0.625 bits per heavy atom. The number of hydrogen-bond acceptors (Lipinski definition) is 0. The molecule has 0 atom stereocenters. The summed E-state index contributed by atoms with van der Waals surface area (Å²) in [5, 5.41) is 0. The summed E-state index contributed by atoms with van der Waals surface area (Å²) in [5.74, 6) is 2.61. The van der Waals surface area contributed by atoms with Gasteiger partial charge in [-0.1, -0.05) is 113 Å². The highest BCUT2D eigenvalue weighted by Crippen LogP contribution is 2.39. The predicted molar refractivity (Wildman–Crippen MR) is 145 cm³/mol. The molecule has 0 bridgehead atoms. The van der Waals surface area contributed by atoms with Crippen LogP contribution in [0.5, 0.6) is 0 Å². The highest BCUT2D eigenvalue weighted by molar-refractivity contribution is 6.59. The van der Waals surface area contributed by atoms with Gasteiger partial charge in [-0.2, -0.15) is 0 Å². The molecule has 32 heavy (non-hydrogen) atoms. The third kappa shape index (κ3) is 6.37. The molecule has 1 saturated heterocycles. The lowest BCUT2D eigenvalue weighted by Gasteiger charge is -2.28. The molecule has 0 unspecified atom stereocenters. The molecule has 2 aliphatic rings. The van der Waals surface area contributed by atoms with Gasteiger partial charge in [0.2, 0.25) is 0 Å². The van der Waals surface area contributed by atoms with Crippen molar-refractivity contribution in [1.82, 2.24) is 0 Å². The van der Waals surface area contributed by atoms with Gasteiger partial charge in [-0.05, 0) is 78.5 Å². The number of unbranched alkanes of at least 4 members (excludes halogenated alkanes) is 2. The summed E-state index contributed by atoms with van der Waals surface area (Å²) in [6.07, 6.45) is 15.7. The SMILES string of the molecule is CCCCC[SiH]1CCC(c2ccc(-c3ccc([C@H]4CC[C@H](CCC)CC4)cc3)cc2)CC1. The van der Waals surface area contributed by atoms with Crippen LogP contribution in [0.2, 0.25) is 18.1 Å². The van der Waals surface area contributed by atoms with Crippen molar-refractivity contribution < 1.29 is 0 Å². The van der Waals surface area contributed by atoms with Crippen molar-refractivity contribution in [3.8, 4) is 11.1 Å². The van der Waals surface area contributed by atoms with E-state index in [1.807, 2.05) is 0 Å². The summed E-state index contributed by atoms with van der Waals surface area (Å²) in [6, 6.07) is 24.0. The molecule has 2 aromatic carbocycles. The first kappa shape index (κ1) is 23.8. The Labute approximate surface area is 199 Å². The predicted octanol–water partition coefficient (Wildman–Crippen LogP) is 9.72. The number of rotatable bonds is 9. The molecule has 4 rings (SSSR count). The average molecular weight is 447 g/mol. The van der Waals surface area contributed by atoms with Crippen molar-refractivity contribution in [1.29, 1.82) is 0 Å². The molecule has 1 saturated carbocycles. The van der Waals surface area contributed by atoms with Gasteiger partial charge in [0.05, 0.1) is 0 Å². The fourth-order valence-electron chi connectivity index (χ4n) is 6.56. The number of benzene rings is 2. The Hall–Kier alpha value is -1.34. The van der Waals surface area contributed by atoms with Crippen molar-refractivity contribution in [3.63, 3.8) is 0 Å². The van der Waals surface area contributed by atoms with E-state index in [1.165, 1.54) is 81.8 Å². The van der Waals surface area contributed by atoms with Crippen molar-refractivity contribution in [2.24, 2.45) is 5.92 Å². The molecule has 1 aliphatic heterocycles. The lowest BCUT2D eigenvalue weighted by molar-refractivity contribution is 0.308. The van der Waals surface area contributed by atoms with Crippen molar-refractivity contribution >= 4 is 8.80 Å². The van der Waals surface area contributed by atoms with Gasteiger partial charge >= 0.3 is 0 Å². The minimum atomic E-state index is -0.404. The van der Waals surface area contributed by atoms with Crippen LogP contribution in [0, 0.1) is 5.92 Å². The molecule has 2 aromatic rings. The second kappa shape index (κ2) is 12.2. The third-order valence-corrected chi connectivity index (χ3v) is 12.2. The second-order valence-electron chi connectivity index (χ2n) is 11.0. The van der Waals surface area contributed by atoms with E-state index in [9.17, 15) is 0 Å². The molecule has 0 aromatic heterocycles. The first-order valence-corrected chi connectivity index (χ1v) is 16.4. The summed E-state index contributed by atoms with van der Waals surface area (Å²) < 4.78 is 0. The summed E-state index contributed by atoms with van der Waals surface area (Å²) in [6.45, 7) is 4.66. The fraction of sp³-hybridized carbons (Fsp3) is 0.613. The van der Waals surface area contributed by atoms with Crippen LogP contribution in [0.3, 0.4) is 0 Å². The zero-order valence-electron chi connectivity index (χ0n) is 20.8. The molecule has 2 fully saturated rings. The molecule has 0 nitrogen and oxygen atoms in total. The highest BCUT2D eigenvalue weighted by Gasteiger charge is 2.23. The summed E-state index contributed by atoms with van der Waals surface area (Å²) >= 11 is 0. The summed E-state index contributed by atoms with van der Waals surface area (Å²) in [7, 11) is -0.404. The van der Waals surface area contributed by atoms with Gasteiger partial charge in [-0.3, -0.25) is 0 Å². The van der Waals surface area contributed by atoms with Gasteiger partial charge in [0, 0.05) is 8.80 Å². The molecular weight excluding hydrogens is 400 g/mol. The smallest absolute Gasteiger partial charge is 0.0368 e. The minimum absolute atomic E-state index is 0.404. The fourth-order valence-corrected chi connectivity index (χ4v) is 10.0. The maximum absolute atomic E-state index is 2.43. The van der Waals surface area contributed by atoms with E-state index >= 15 is 0 Å². The van der Waals surface area contributed by atoms with E-state index in [1.54, 1.807) is 29.3 Å². The molecule has 0 N–H and O–H groups in total. The average Bonchev–Trinajstić information content (AvgIpc) is 2.86. The van der Waals surface area contributed by atoms with Gasteiger partial charge in [0.1, 0.15) is 0 Å². The first-order valence-electron chi connectivity index (χ1n) is 14.0. The van der Waals surface area contributed by atoms with E-state index in [4.69, 9.17) is 0 Å². The monoisotopic (exact) mass is 446 g/mol. The van der Waals surface area contributed by atoms with Crippen molar-refractivity contribution in [2.75, 3.05) is 0 Å². The minimum Gasteiger partial charge on any atom is -0.0654 e. The first-order chi connectivity index (χ1) is 15.8. The molecule has 1 aliphatic carbocycles. The van der Waals surface area contributed by atoms with Gasteiger partial charge in [-0.25, -0.2) is 0 Å². The zero-order chi connectivity index (χ0) is 22.2. The van der Waals surface area contributed by atoms with Crippen molar-refractivity contribution in [2.45, 2.75) is 114 Å². The maximum atomic E-state index is 2.43. The third-order valence-electron chi connectivity index (χ3n) is 8.70. The van der Waals surface area contributed by atoms with Gasteiger partial charge < -0.3 is 0 Å². The van der Waals surface area contributed by atoms with Gasteiger partial charge in [0.15, 0.2) is 0 Å². The lowest BCUT2D eigenvalue weighted by Crippen LogP contribution is -2.20. The van der Waals surface area contributed by atoms with E-state index < -0.39 is 8.80 Å². The van der Waals surface area contributed by atoms with E-state index in [0.717, 1.165) is 17.8 Å². The Morgan fingerprint density at radius 2 is 1.16 bits per heavy atom. The van der Waals surface area contributed by atoms with Crippen LogP contribution < -0.4 is 0 Å². The Kier molecular flexibility index (Phi) is 9.08. The second-order valence-corrected chi connectivity index (χ2v) is 14.4. The van der Waals surface area contributed by atoms with E-state index in [0.29, 0.717) is 0 Å². The van der Waals surface area contributed by atoms with Crippen LogP contribution in [-0.2, 0) is 0 Å². The van der Waals surface area contributed by atoms with Crippen LogP contribution in [0.4, 0.5) is 0 Å². The van der Waals surface area contributed by atoms with E-state index in [2.05, 4.69) is 62.4 Å². The summed E-state index contributed by atoms with van der Waals surface area (Å²) in [5.41, 5.74) is 5.93. The van der Waals surface area contributed by atoms with Crippen LogP contribution >= 0.6 is 0 Å². The quantitative estimate of drug-likeness (QED) is 0.265. The maximum Gasteiger partial charge on any atom is 0.0368 e. The Bertz CT molecular complexity index is 774. The van der Waals surface area contributed by atoms with Crippen LogP contribution in [0.25, 0.3) is 11.1 Å². The molecule has 174 valence electrons. The topological polar surface area (TPSA) is 0 Å². The molecule has 0 spiro atoms. The van der Waals surface area contributed by atoms with E-state index in [-0.39, 0.29) is 0 Å². The molecule has 0 amide bonds. The Morgan fingerprint density at radius 3 is 1.66 bits per heavy atom. The lowest BCUT2D eigenvalue weighted by atomic mass is 9.77. The Balaban J connectivity index is 1.29. The van der Waals surface area contributed by atoms with Crippen LogP contribution in [0.15, 0.2) is 48.5 Å². The standard InChI is InChI=1S/C31H46Si/c1-3-5-6-22-32-23-20-31(21-24-32)30-18-16-29(17-19-30)28-14-12-27(13-15-28)26-10-8-25(7-4-2)9-11-26/h12-19,25-26,31-32H,3-11,20-24H2,1-2H3/t25-,26-,31?,32?.